The van der Waals surface area contributed by atoms with Crippen LogP contribution in [-0.4, -0.2) is 24.4 Å². The van der Waals surface area contributed by atoms with E-state index in [4.69, 9.17) is 4.74 Å². The Balaban J connectivity index is 1.98. The third-order valence-electron chi connectivity index (χ3n) is 3.30. The molecule has 25 heavy (non-hydrogen) atoms. The lowest BCUT2D eigenvalue weighted by Gasteiger charge is -2.12. The number of nitrogens with one attached hydrogen (secondary N) is 2. The highest BCUT2D eigenvalue weighted by Crippen LogP contribution is 2.19. The fourth-order valence-corrected chi connectivity index (χ4v) is 2.15. The molecule has 0 saturated carbocycles. The summed E-state index contributed by atoms with van der Waals surface area (Å²) < 4.78 is 18.6. The Morgan fingerprint density at radius 1 is 1.08 bits per heavy atom. The number of ether oxygens (including phenoxy) is 1. The van der Waals surface area contributed by atoms with Crippen LogP contribution in [0.25, 0.3) is 0 Å². The molecule has 0 fully saturated rings. The molecule has 0 bridgehead atoms. The van der Waals surface area contributed by atoms with E-state index in [2.05, 4.69) is 10.6 Å². The Labute approximate surface area is 146 Å². The Bertz CT molecular complexity index is 730. The van der Waals surface area contributed by atoms with Gasteiger partial charge in [-0.1, -0.05) is 24.3 Å². The van der Waals surface area contributed by atoms with Crippen LogP contribution in [0.4, 0.5) is 4.39 Å². The van der Waals surface area contributed by atoms with Gasteiger partial charge in [-0.05, 0) is 43.7 Å². The molecule has 5 nitrogen and oxygen atoms in total. The lowest BCUT2D eigenvalue weighted by atomic mass is 10.2. The molecule has 0 unspecified atom stereocenters. The molecule has 2 N–H and O–H groups in total. The van der Waals surface area contributed by atoms with E-state index in [0.29, 0.717) is 11.3 Å². The molecule has 0 saturated heterocycles. The van der Waals surface area contributed by atoms with Crippen molar-refractivity contribution in [1.82, 2.24) is 10.6 Å². The van der Waals surface area contributed by atoms with Crippen LogP contribution >= 0.6 is 0 Å². The van der Waals surface area contributed by atoms with Crippen molar-refractivity contribution in [3.63, 3.8) is 0 Å². The fraction of sp³-hybridized carbons (Fsp3) is 0.263. The quantitative estimate of drug-likeness (QED) is 0.811. The zero-order chi connectivity index (χ0) is 18.2. The molecular weight excluding hydrogens is 323 g/mol. The maximum atomic E-state index is 12.9. The second kappa shape index (κ2) is 8.82. The summed E-state index contributed by atoms with van der Waals surface area (Å²) in [4.78, 5) is 23.9. The first kappa shape index (κ1) is 18.4. The largest absolute Gasteiger partial charge is 0.488 e. The van der Waals surface area contributed by atoms with Crippen LogP contribution in [0.1, 0.15) is 29.8 Å². The average Bonchev–Trinajstić information content (AvgIpc) is 2.59. The molecule has 2 aromatic carbocycles. The van der Waals surface area contributed by atoms with E-state index in [9.17, 15) is 14.0 Å². The van der Waals surface area contributed by atoms with Gasteiger partial charge in [0.2, 0.25) is 5.91 Å². The predicted molar refractivity (Wildman–Crippen MR) is 92.8 cm³/mol. The third kappa shape index (κ3) is 5.91. The van der Waals surface area contributed by atoms with Gasteiger partial charge in [0.25, 0.3) is 5.91 Å². The molecule has 6 heteroatoms. The molecule has 0 heterocycles. The van der Waals surface area contributed by atoms with Gasteiger partial charge in [-0.15, -0.1) is 0 Å². The second-order valence-corrected chi connectivity index (χ2v) is 5.82. The van der Waals surface area contributed by atoms with Crippen molar-refractivity contribution in [2.75, 3.05) is 6.54 Å². The number of para-hydroxylation sites is 1. The number of hydrogen-bond donors (Lipinski definition) is 2. The zero-order valence-corrected chi connectivity index (χ0v) is 14.2. The second-order valence-electron chi connectivity index (χ2n) is 5.82. The highest BCUT2D eigenvalue weighted by Gasteiger charge is 2.13. The summed E-state index contributed by atoms with van der Waals surface area (Å²) >= 11 is 0. The van der Waals surface area contributed by atoms with Crippen LogP contribution in [0.2, 0.25) is 0 Å². The molecule has 0 aliphatic heterocycles. The van der Waals surface area contributed by atoms with Crippen LogP contribution in [0.15, 0.2) is 48.5 Å². The van der Waals surface area contributed by atoms with E-state index in [1.54, 1.807) is 36.4 Å². The number of carbonyl (C=O) groups excluding carboxylic acids is 2. The Morgan fingerprint density at radius 2 is 1.76 bits per heavy atom. The van der Waals surface area contributed by atoms with E-state index < -0.39 is 5.91 Å². The van der Waals surface area contributed by atoms with Gasteiger partial charge < -0.3 is 15.4 Å². The Kier molecular flexibility index (Phi) is 6.51. The van der Waals surface area contributed by atoms with Crippen LogP contribution in [0, 0.1) is 5.82 Å². The first-order chi connectivity index (χ1) is 12.0. The molecule has 132 valence electrons. The summed E-state index contributed by atoms with van der Waals surface area (Å²) in [6, 6.07) is 12.7. The van der Waals surface area contributed by atoms with Crippen LogP contribution in [0.5, 0.6) is 5.75 Å². The van der Waals surface area contributed by atoms with Crippen molar-refractivity contribution in [1.29, 1.82) is 0 Å². The van der Waals surface area contributed by atoms with Crippen molar-refractivity contribution < 1.29 is 18.7 Å². The minimum absolute atomic E-state index is 0.00994. The van der Waals surface area contributed by atoms with Crippen molar-refractivity contribution in [2.24, 2.45) is 0 Å². The number of rotatable bonds is 7. The smallest absolute Gasteiger partial charge is 0.255 e. The van der Waals surface area contributed by atoms with Crippen molar-refractivity contribution in [3.05, 3.63) is 65.5 Å². The molecule has 0 spiro atoms. The number of halogens is 1. The minimum Gasteiger partial charge on any atom is -0.488 e. The monoisotopic (exact) mass is 344 g/mol. The van der Waals surface area contributed by atoms with Gasteiger partial charge in [0.1, 0.15) is 18.2 Å². The molecule has 0 aliphatic rings. The SMILES string of the molecule is CC(C)NC(=O)CNC(=O)c1ccccc1OCc1ccc(F)cc1. The van der Waals surface area contributed by atoms with Gasteiger partial charge in [0.15, 0.2) is 0 Å². The highest BCUT2D eigenvalue weighted by atomic mass is 19.1. The molecule has 0 atom stereocenters. The number of benzene rings is 2. The molecule has 0 radical (unpaired) electrons. The van der Waals surface area contributed by atoms with Crippen LogP contribution in [-0.2, 0) is 11.4 Å². The predicted octanol–water partition coefficient (Wildman–Crippen LogP) is 2.66. The van der Waals surface area contributed by atoms with Gasteiger partial charge in [-0.2, -0.15) is 0 Å². The highest BCUT2D eigenvalue weighted by molar-refractivity contribution is 5.98. The molecule has 0 aliphatic carbocycles. The Morgan fingerprint density at radius 3 is 2.44 bits per heavy atom. The standard InChI is InChI=1S/C19H21FN2O3/c1-13(2)22-18(23)11-21-19(24)16-5-3-4-6-17(16)25-12-14-7-9-15(20)10-8-14/h3-10,13H,11-12H2,1-2H3,(H,21,24)(H,22,23). The van der Waals surface area contributed by atoms with Gasteiger partial charge in [0.05, 0.1) is 12.1 Å². The molecule has 2 aromatic rings. The summed E-state index contributed by atoms with van der Waals surface area (Å²) in [6.45, 7) is 3.79. The number of carbonyl (C=O) groups is 2. The number of hydrogen-bond acceptors (Lipinski definition) is 3. The van der Waals surface area contributed by atoms with Crippen molar-refractivity contribution in [2.45, 2.75) is 26.5 Å². The molecule has 0 aromatic heterocycles. The molecule has 2 rings (SSSR count). The third-order valence-corrected chi connectivity index (χ3v) is 3.30. The fourth-order valence-electron chi connectivity index (χ4n) is 2.15. The summed E-state index contributed by atoms with van der Waals surface area (Å²) in [6.07, 6.45) is 0. The summed E-state index contributed by atoms with van der Waals surface area (Å²) in [7, 11) is 0. The number of amides is 2. The first-order valence-electron chi connectivity index (χ1n) is 7.99. The summed E-state index contributed by atoms with van der Waals surface area (Å²) in [5.41, 5.74) is 1.12. The summed E-state index contributed by atoms with van der Waals surface area (Å²) in [5, 5.41) is 5.27. The Hall–Kier alpha value is -2.89. The normalized spacial score (nSPS) is 10.4. The topological polar surface area (TPSA) is 67.4 Å². The lowest BCUT2D eigenvalue weighted by molar-refractivity contribution is -0.120. The van der Waals surface area contributed by atoms with E-state index in [1.807, 2.05) is 13.8 Å². The van der Waals surface area contributed by atoms with Gasteiger partial charge in [0, 0.05) is 6.04 Å². The van der Waals surface area contributed by atoms with E-state index in [0.717, 1.165) is 5.56 Å². The maximum absolute atomic E-state index is 12.9. The maximum Gasteiger partial charge on any atom is 0.255 e. The van der Waals surface area contributed by atoms with Gasteiger partial charge >= 0.3 is 0 Å². The van der Waals surface area contributed by atoms with Crippen LogP contribution < -0.4 is 15.4 Å². The van der Waals surface area contributed by atoms with E-state index >= 15 is 0 Å². The zero-order valence-electron chi connectivity index (χ0n) is 14.2. The lowest BCUT2D eigenvalue weighted by Crippen LogP contribution is -2.39. The van der Waals surface area contributed by atoms with Crippen molar-refractivity contribution >= 4 is 11.8 Å². The average molecular weight is 344 g/mol. The van der Waals surface area contributed by atoms with Crippen molar-refractivity contribution in [3.8, 4) is 5.75 Å². The van der Waals surface area contributed by atoms with E-state index in [-0.39, 0.29) is 30.9 Å². The molecular formula is C19H21FN2O3. The van der Waals surface area contributed by atoms with E-state index in [1.165, 1.54) is 12.1 Å². The molecule has 2 amide bonds. The minimum atomic E-state index is -0.395. The van der Waals surface area contributed by atoms with Gasteiger partial charge in [-0.25, -0.2) is 4.39 Å². The van der Waals surface area contributed by atoms with Crippen LogP contribution in [0.3, 0.4) is 0 Å². The first-order valence-corrected chi connectivity index (χ1v) is 7.99. The summed E-state index contributed by atoms with van der Waals surface area (Å²) in [5.74, 6) is -0.571. The van der Waals surface area contributed by atoms with Gasteiger partial charge in [-0.3, -0.25) is 9.59 Å².